The number of carbonyl (C=O) groups is 2. The minimum absolute atomic E-state index is 0.0199. The van der Waals surface area contributed by atoms with Crippen molar-refractivity contribution in [3.8, 4) is 0 Å². The lowest BCUT2D eigenvalue weighted by Gasteiger charge is -2.24. The summed E-state index contributed by atoms with van der Waals surface area (Å²) >= 11 is 0. The molecule has 0 radical (unpaired) electrons. The molecule has 1 aromatic carbocycles. The summed E-state index contributed by atoms with van der Waals surface area (Å²) in [5.41, 5.74) is 0.770. The molecule has 1 atom stereocenters. The molecule has 24 heavy (non-hydrogen) atoms. The van der Waals surface area contributed by atoms with Crippen molar-refractivity contribution in [1.29, 1.82) is 0 Å². The Balaban J connectivity index is 1.74. The standard InChI is InChI=1S/C17H20N4O3/c1-12-18-14(20-24-12)11-15(22)19-16(13-7-3-2-4-8-13)17(23)21-9-5-6-10-21/h2-4,7-8,16H,5-6,9-11H2,1H3,(H,19,22). The van der Waals surface area contributed by atoms with E-state index in [1.54, 1.807) is 11.8 Å². The Hall–Kier alpha value is -2.70. The molecule has 0 bridgehead atoms. The van der Waals surface area contributed by atoms with Crippen LogP contribution in [0.5, 0.6) is 0 Å². The number of aryl methyl sites for hydroxylation is 1. The molecule has 1 aliphatic heterocycles. The first-order valence-electron chi connectivity index (χ1n) is 8.06. The van der Waals surface area contributed by atoms with E-state index in [0.717, 1.165) is 31.5 Å². The molecule has 2 amide bonds. The Labute approximate surface area is 140 Å². The maximum Gasteiger partial charge on any atom is 0.249 e. The van der Waals surface area contributed by atoms with Crippen molar-refractivity contribution in [2.24, 2.45) is 0 Å². The lowest BCUT2D eigenvalue weighted by atomic mass is 10.1. The van der Waals surface area contributed by atoms with E-state index in [-0.39, 0.29) is 18.2 Å². The summed E-state index contributed by atoms with van der Waals surface area (Å²) in [5.74, 6) is 0.338. The Morgan fingerprint density at radius 3 is 2.58 bits per heavy atom. The van der Waals surface area contributed by atoms with Crippen molar-refractivity contribution in [1.82, 2.24) is 20.4 Å². The van der Waals surface area contributed by atoms with E-state index in [1.807, 2.05) is 30.3 Å². The molecule has 0 spiro atoms. The molecule has 1 fully saturated rings. The second kappa shape index (κ2) is 7.25. The Kier molecular flexibility index (Phi) is 4.88. The van der Waals surface area contributed by atoms with Gasteiger partial charge in [-0.1, -0.05) is 35.5 Å². The highest BCUT2D eigenvalue weighted by Crippen LogP contribution is 2.19. The fourth-order valence-electron chi connectivity index (χ4n) is 2.82. The highest BCUT2D eigenvalue weighted by molar-refractivity contribution is 5.89. The Bertz CT molecular complexity index is 708. The summed E-state index contributed by atoms with van der Waals surface area (Å²) in [6.07, 6.45) is 1.99. The van der Waals surface area contributed by atoms with Gasteiger partial charge in [-0.3, -0.25) is 9.59 Å². The molecule has 126 valence electrons. The molecule has 0 aliphatic carbocycles. The first kappa shape index (κ1) is 16.2. The molecule has 7 heteroatoms. The average Bonchev–Trinajstić information content (AvgIpc) is 3.25. The van der Waals surface area contributed by atoms with E-state index in [9.17, 15) is 9.59 Å². The van der Waals surface area contributed by atoms with Crippen LogP contribution in [0.1, 0.15) is 36.2 Å². The molecule has 1 aromatic heterocycles. The second-order valence-electron chi connectivity index (χ2n) is 5.85. The van der Waals surface area contributed by atoms with Crippen molar-refractivity contribution in [3.63, 3.8) is 0 Å². The fraction of sp³-hybridized carbons (Fsp3) is 0.412. The summed E-state index contributed by atoms with van der Waals surface area (Å²) in [5, 5.41) is 6.53. The van der Waals surface area contributed by atoms with Crippen LogP contribution in [-0.2, 0) is 16.0 Å². The van der Waals surface area contributed by atoms with Crippen LogP contribution in [0.4, 0.5) is 0 Å². The van der Waals surface area contributed by atoms with E-state index in [2.05, 4.69) is 15.5 Å². The van der Waals surface area contributed by atoms with Gasteiger partial charge in [-0.05, 0) is 18.4 Å². The Morgan fingerprint density at radius 1 is 1.25 bits per heavy atom. The largest absolute Gasteiger partial charge is 0.341 e. The monoisotopic (exact) mass is 328 g/mol. The molecule has 2 aromatic rings. The molecular weight excluding hydrogens is 308 g/mol. The number of nitrogens with zero attached hydrogens (tertiary/aromatic N) is 3. The third-order valence-electron chi connectivity index (χ3n) is 3.99. The maximum atomic E-state index is 12.8. The minimum Gasteiger partial charge on any atom is -0.341 e. The molecule has 1 aliphatic rings. The first-order valence-corrected chi connectivity index (χ1v) is 8.06. The van der Waals surface area contributed by atoms with Crippen molar-refractivity contribution < 1.29 is 14.1 Å². The minimum atomic E-state index is -0.690. The van der Waals surface area contributed by atoms with Crippen molar-refractivity contribution in [3.05, 3.63) is 47.6 Å². The van der Waals surface area contributed by atoms with Gasteiger partial charge in [0.2, 0.25) is 17.7 Å². The fourth-order valence-corrected chi connectivity index (χ4v) is 2.82. The molecule has 0 saturated carbocycles. The summed E-state index contributed by atoms with van der Waals surface area (Å²) in [7, 11) is 0. The van der Waals surface area contributed by atoms with E-state index in [4.69, 9.17) is 4.52 Å². The van der Waals surface area contributed by atoms with Crippen LogP contribution in [0, 0.1) is 6.92 Å². The van der Waals surface area contributed by atoms with Crippen LogP contribution >= 0.6 is 0 Å². The van der Waals surface area contributed by atoms with Gasteiger partial charge in [-0.2, -0.15) is 4.98 Å². The first-order chi connectivity index (χ1) is 11.6. The number of rotatable bonds is 5. The Morgan fingerprint density at radius 2 is 1.96 bits per heavy atom. The van der Waals surface area contributed by atoms with Crippen LogP contribution in [0.15, 0.2) is 34.9 Å². The highest BCUT2D eigenvalue weighted by atomic mass is 16.5. The van der Waals surface area contributed by atoms with Crippen LogP contribution < -0.4 is 5.32 Å². The third-order valence-corrected chi connectivity index (χ3v) is 3.99. The summed E-state index contributed by atoms with van der Waals surface area (Å²) in [4.78, 5) is 30.9. The number of hydrogen-bond acceptors (Lipinski definition) is 5. The number of aromatic nitrogens is 2. The third kappa shape index (κ3) is 3.79. The van der Waals surface area contributed by atoms with E-state index >= 15 is 0 Å². The SMILES string of the molecule is Cc1nc(CC(=O)NC(C(=O)N2CCCC2)c2ccccc2)no1. The highest BCUT2D eigenvalue weighted by Gasteiger charge is 2.29. The number of carbonyl (C=O) groups excluding carboxylic acids is 2. The van der Waals surface area contributed by atoms with Gasteiger partial charge < -0.3 is 14.7 Å². The van der Waals surface area contributed by atoms with Gasteiger partial charge in [0.05, 0.1) is 6.42 Å². The van der Waals surface area contributed by atoms with Crippen molar-refractivity contribution in [2.75, 3.05) is 13.1 Å². The van der Waals surface area contributed by atoms with Gasteiger partial charge in [0.1, 0.15) is 6.04 Å². The summed E-state index contributed by atoms with van der Waals surface area (Å²) < 4.78 is 4.87. The van der Waals surface area contributed by atoms with E-state index < -0.39 is 6.04 Å². The summed E-state index contributed by atoms with van der Waals surface area (Å²) in [6, 6.07) is 8.59. The van der Waals surface area contributed by atoms with Gasteiger partial charge in [0, 0.05) is 20.0 Å². The number of likely N-dealkylation sites (tertiary alicyclic amines) is 1. The zero-order chi connectivity index (χ0) is 16.9. The van der Waals surface area contributed by atoms with Gasteiger partial charge in [-0.25, -0.2) is 0 Å². The normalized spacial score (nSPS) is 15.3. The molecular formula is C17H20N4O3. The predicted molar refractivity (Wildman–Crippen MR) is 85.9 cm³/mol. The lowest BCUT2D eigenvalue weighted by molar-refractivity contribution is -0.135. The zero-order valence-corrected chi connectivity index (χ0v) is 13.6. The maximum absolute atomic E-state index is 12.8. The van der Waals surface area contributed by atoms with Gasteiger partial charge in [0.15, 0.2) is 5.82 Å². The smallest absolute Gasteiger partial charge is 0.249 e. The lowest BCUT2D eigenvalue weighted by Crippen LogP contribution is -2.42. The van der Waals surface area contributed by atoms with Gasteiger partial charge in [-0.15, -0.1) is 0 Å². The number of nitrogens with one attached hydrogen (secondary N) is 1. The van der Waals surface area contributed by atoms with Crippen molar-refractivity contribution >= 4 is 11.8 Å². The molecule has 1 N–H and O–H groups in total. The molecule has 2 heterocycles. The van der Waals surface area contributed by atoms with Gasteiger partial charge in [0.25, 0.3) is 0 Å². The van der Waals surface area contributed by atoms with Gasteiger partial charge >= 0.3 is 0 Å². The van der Waals surface area contributed by atoms with Crippen LogP contribution in [0.2, 0.25) is 0 Å². The number of benzene rings is 1. The van der Waals surface area contributed by atoms with E-state index in [1.165, 1.54) is 0 Å². The topological polar surface area (TPSA) is 88.3 Å². The number of amides is 2. The molecule has 1 saturated heterocycles. The predicted octanol–water partition coefficient (Wildman–Crippen LogP) is 1.40. The van der Waals surface area contributed by atoms with E-state index in [0.29, 0.717) is 11.7 Å². The summed E-state index contributed by atoms with van der Waals surface area (Å²) in [6.45, 7) is 3.14. The van der Waals surface area contributed by atoms with Crippen molar-refractivity contribution in [2.45, 2.75) is 32.2 Å². The van der Waals surface area contributed by atoms with Crippen LogP contribution in [0.3, 0.4) is 0 Å². The zero-order valence-electron chi connectivity index (χ0n) is 13.6. The number of hydrogen-bond donors (Lipinski definition) is 1. The van der Waals surface area contributed by atoms with Crippen LogP contribution in [0.25, 0.3) is 0 Å². The quantitative estimate of drug-likeness (QED) is 0.896. The average molecular weight is 328 g/mol. The molecule has 3 rings (SSSR count). The van der Waals surface area contributed by atoms with Crippen LogP contribution in [-0.4, -0.2) is 39.9 Å². The second-order valence-corrected chi connectivity index (χ2v) is 5.85. The molecule has 7 nitrogen and oxygen atoms in total. The molecule has 1 unspecified atom stereocenters.